The zero-order valence-corrected chi connectivity index (χ0v) is 14.3. The minimum absolute atomic E-state index is 0.0831. The Bertz CT molecular complexity index is 813. The zero-order valence-electron chi connectivity index (χ0n) is 13.5. The van der Waals surface area contributed by atoms with E-state index in [0.717, 1.165) is 35.7 Å². The van der Waals surface area contributed by atoms with Crippen LogP contribution in [0.4, 0.5) is 5.82 Å². The normalized spacial score (nSPS) is 12.5. The lowest BCUT2D eigenvalue weighted by Gasteiger charge is -2.07. The lowest BCUT2D eigenvalue weighted by atomic mass is 10.2. The molecule has 0 unspecified atom stereocenters. The third-order valence-corrected chi connectivity index (χ3v) is 4.85. The number of carbonyl (C=O) groups excluding carboxylic acids is 1. The van der Waals surface area contributed by atoms with Crippen LogP contribution in [0.2, 0.25) is 0 Å². The molecule has 1 amide bonds. The quantitative estimate of drug-likeness (QED) is 0.847. The number of aryl methyl sites for hydroxylation is 3. The molecule has 3 rings (SSSR count). The van der Waals surface area contributed by atoms with Crippen molar-refractivity contribution in [3.8, 4) is 6.07 Å². The van der Waals surface area contributed by atoms with Crippen LogP contribution in [0.15, 0.2) is 29.3 Å². The molecule has 0 atom stereocenters. The number of rotatable bonds is 5. The molecule has 5 nitrogen and oxygen atoms in total. The van der Waals surface area contributed by atoms with E-state index in [1.165, 1.54) is 17.3 Å². The number of amides is 1. The van der Waals surface area contributed by atoms with Crippen LogP contribution < -0.4 is 5.32 Å². The predicted octanol–water partition coefficient (Wildman–Crippen LogP) is 3.27. The maximum Gasteiger partial charge on any atom is 0.226 e. The van der Waals surface area contributed by atoms with Crippen molar-refractivity contribution in [2.75, 3.05) is 11.1 Å². The van der Waals surface area contributed by atoms with Gasteiger partial charge in [0.15, 0.2) is 0 Å². The highest BCUT2D eigenvalue weighted by atomic mass is 32.2. The summed E-state index contributed by atoms with van der Waals surface area (Å²) in [4.78, 5) is 20.9. The summed E-state index contributed by atoms with van der Waals surface area (Å²) in [5, 5.41) is 12.8. The molecule has 0 saturated heterocycles. The Hall–Kier alpha value is -2.39. The predicted molar refractivity (Wildman–Crippen MR) is 93.9 cm³/mol. The number of hydrogen-bond acceptors (Lipinski definition) is 5. The van der Waals surface area contributed by atoms with Gasteiger partial charge in [0.2, 0.25) is 5.91 Å². The number of aromatic nitrogens is 2. The van der Waals surface area contributed by atoms with Gasteiger partial charge in [-0.15, -0.1) is 11.8 Å². The van der Waals surface area contributed by atoms with Gasteiger partial charge in [-0.3, -0.25) is 4.79 Å². The number of fused-ring (bicyclic) bond motifs is 1. The first kappa shape index (κ1) is 16.5. The van der Waals surface area contributed by atoms with E-state index in [1.807, 2.05) is 25.1 Å². The van der Waals surface area contributed by atoms with Gasteiger partial charge in [0, 0.05) is 23.6 Å². The summed E-state index contributed by atoms with van der Waals surface area (Å²) >= 11 is 1.46. The van der Waals surface area contributed by atoms with Crippen LogP contribution in [0.3, 0.4) is 0 Å². The van der Waals surface area contributed by atoms with E-state index in [9.17, 15) is 10.1 Å². The van der Waals surface area contributed by atoms with Crippen molar-refractivity contribution in [1.82, 2.24) is 9.97 Å². The average molecular weight is 338 g/mol. The molecular weight excluding hydrogens is 320 g/mol. The molecule has 1 N–H and O–H groups in total. The van der Waals surface area contributed by atoms with Crippen molar-refractivity contribution in [2.24, 2.45) is 0 Å². The fourth-order valence-corrected chi connectivity index (χ4v) is 3.62. The first-order valence-electron chi connectivity index (χ1n) is 7.95. The van der Waals surface area contributed by atoms with Crippen molar-refractivity contribution in [2.45, 2.75) is 37.6 Å². The van der Waals surface area contributed by atoms with Crippen LogP contribution in [0.1, 0.15) is 35.4 Å². The van der Waals surface area contributed by atoms with E-state index in [-0.39, 0.29) is 5.91 Å². The number of pyridine rings is 2. The van der Waals surface area contributed by atoms with Gasteiger partial charge in [-0.05, 0) is 49.9 Å². The molecule has 0 aromatic carbocycles. The summed E-state index contributed by atoms with van der Waals surface area (Å²) in [5.74, 6) is 1.07. The first-order valence-corrected chi connectivity index (χ1v) is 8.93. The number of hydrogen-bond donors (Lipinski definition) is 1. The molecule has 0 bridgehead atoms. The fraction of sp³-hybridized carbons (Fsp3) is 0.333. The lowest BCUT2D eigenvalue weighted by Crippen LogP contribution is -2.13. The Morgan fingerprint density at radius 3 is 3.04 bits per heavy atom. The average Bonchev–Trinajstić information content (AvgIpc) is 3.01. The van der Waals surface area contributed by atoms with Gasteiger partial charge in [0.1, 0.15) is 16.9 Å². The van der Waals surface area contributed by atoms with Crippen molar-refractivity contribution < 1.29 is 4.79 Å². The first-order chi connectivity index (χ1) is 11.7. The highest BCUT2D eigenvalue weighted by Crippen LogP contribution is 2.28. The lowest BCUT2D eigenvalue weighted by molar-refractivity contribution is -0.115. The van der Waals surface area contributed by atoms with Gasteiger partial charge in [0.05, 0.1) is 5.56 Å². The van der Waals surface area contributed by atoms with Gasteiger partial charge >= 0.3 is 0 Å². The van der Waals surface area contributed by atoms with E-state index in [4.69, 9.17) is 0 Å². The Labute approximate surface area is 145 Å². The largest absolute Gasteiger partial charge is 0.311 e. The molecule has 0 spiro atoms. The SMILES string of the molecule is Cc1cccc(NC(=O)CCSc2nc3c(cc2C#N)CCC3)n1. The standard InChI is InChI=1S/C18H18N4OS/c1-12-4-2-7-16(20-12)22-17(23)8-9-24-18-14(11-19)10-13-5-3-6-15(13)21-18/h2,4,7,10H,3,5-6,8-9H2,1H3,(H,20,22,23). The Balaban J connectivity index is 1.57. The monoisotopic (exact) mass is 338 g/mol. The van der Waals surface area contributed by atoms with Gasteiger partial charge in [-0.25, -0.2) is 9.97 Å². The highest BCUT2D eigenvalue weighted by molar-refractivity contribution is 7.99. The van der Waals surface area contributed by atoms with Gasteiger partial charge in [0.25, 0.3) is 0 Å². The molecule has 0 radical (unpaired) electrons. The van der Waals surface area contributed by atoms with Crippen molar-refractivity contribution in [1.29, 1.82) is 5.26 Å². The topological polar surface area (TPSA) is 78.7 Å². The summed E-state index contributed by atoms with van der Waals surface area (Å²) in [6.45, 7) is 1.88. The zero-order chi connectivity index (χ0) is 16.9. The van der Waals surface area contributed by atoms with E-state index < -0.39 is 0 Å². The second kappa shape index (κ2) is 7.45. The molecule has 6 heteroatoms. The Kier molecular flexibility index (Phi) is 5.11. The van der Waals surface area contributed by atoms with Gasteiger partial charge in [-0.2, -0.15) is 5.26 Å². The molecule has 122 valence electrons. The summed E-state index contributed by atoms with van der Waals surface area (Å²) < 4.78 is 0. The van der Waals surface area contributed by atoms with Crippen LogP contribution in [-0.4, -0.2) is 21.6 Å². The second-order valence-electron chi connectivity index (χ2n) is 5.72. The maximum atomic E-state index is 12.0. The smallest absolute Gasteiger partial charge is 0.226 e. The summed E-state index contributed by atoms with van der Waals surface area (Å²) in [6.07, 6.45) is 3.44. The third kappa shape index (κ3) is 3.92. The van der Waals surface area contributed by atoms with Crippen molar-refractivity contribution in [3.05, 3.63) is 46.8 Å². The van der Waals surface area contributed by atoms with E-state index in [1.54, 1.807) is 6.07 Å². The molecule has 0 aliphatic heterocycles. The highest BCUT2D eigenvalue weighted by Gasteiger charge is 2.17. The Morgan fingerprint density at radius 1 is 1.38 bits per heavy atom. The molecule has 0 saturated carbocycles. The minimum Gasteiger partial charge on any atom is -0.311 e. The number of carbonyl (C=O) groups is 1. The van der Waals surface area contributed by atoms with Gasteiger partial charge < -0.3 is 5.32 Å². The van der Waals surface area contributed by atoms with E-state index in [0.29, 0.717) is 23.6 Å². The van der Waals surface area contributed by atoms with Crippen LogP contribution in [0, 0.1) is 18.3 Å². The molecule has 1 aliphatic rings. The van der Waals surface area contributed by atoms with Gasteiger partial charge in [-0.1, -0.05) is 6.07 Å². The summed E-state index contributed by atoms with van der Waals surface area (Å²) in [5.41, 5.74) is 3.77. The minimum atomic E-state index is -0.0831. The third-order valence-electron chi connectivity index (χ3n) is 3.86. The van der Waals surface area contributed by atoms with E-state index >= 15 is 0 Å². The molecular formula is C18H18N4OS. The van der Waals surface area contributed by atoms with Crippen molar-refractivity contribution in [3.63, 3.8) is 0 Å². The molecule has 2 aromatic heterocycles. The fourth-order valence-electron chi connectivity index (χ4n) is 2.70. The maximum absolute atomic E-state index is 12.0. The van der Waals surface area contributed by atoms with Crippen LogP contribution in [0.5, 0.6) is 0 Å². The number of anilines is 1. The Morgan fingerprint density at radius 2 is 2.25 bits per heavy atom. The molecule has 1 aliphatic carbocycles. The molecule has 24 heavy (non-hydrogen) atoms. The van der Waals surface area contributed by atoms with E-state index in [2.05, 4.69) is 21.4 Å². The summed E-state index contributed by atoms with van der Waals surface area (Å²) in [6, 6.07) is 9.68. The molecule has 0 fully saturated rings. The summed E-state index contributed by atoms with van der Waals surface area (Å²) in [7, 11) is 0. The second-order valence-corrected chi connectivity index (χ2v) is 6.81. The van der Waals surface area contributed by atoms with Crippen LogP contribution in [0.25, 0.3) is 0 Å². The number of thioether (sulfide) groups is 1. The van der Waals surface area contributed by atoms with Crippen LogP contribution in [-0.2, 0) is 17.6 Å². The molecule has 2 heterocycles. The van der Waals surface area contributed by atoms with Crippen LogP contribution >= 0.6 is 11.8 Å². The number of nitrogens with zero attached hydrogens (tertiary/aromatic N) is 3. The molecule has 2 aromatic rings. The number of nitrogens with one attached hydrogen (secondary N) is 1. The number of nitriles is 1. The van der Waals surface area contributed by atoms with Crippen molar-refractivity contribution >= 4 is 23.5 Å².